The van der Waals surface area contributed by atoms with E-state index in [0.29, 0.717) is 6.61 Å². The molecule has 0 saturated heterocycles. The van der Waals surface area contributed by atoms with E-state index in [0.717, 1.165) is 22.4 Å². The zero-order chi connectivity index (χ0) is 13.7. The fourth-order valence-electron chi connectivity index (χ4n) is 2.10. The van der Waals surface area contributed by atoms with Gasteiger partial charge in [-0.05, 0) is 48.7 Å². The third kappa shape index (κ3) is 3.10. The van der Waals surface area contributed by atoms with E-state index >= 15 is 0 Å². The van der Waals surface area contributed by atoms with Crippen LogP contribution >= 0.6 is 0 Å². The van der Waals surface area contributed by atoms with Gasteiger partial charge in [-0.2, -0.15) is 0 Å². The lowest BCUT2D eigenvalue weighted by atomic mass is 9.97. The first-order valence-corrected chi connectivity index (χ1v) is 6.35. The minimum atomic E-state index is -0.0429. The topological polar surface area (TPSA) is 60.2 Å². The summed E-state index contributed by atoms with van der Waals surface area (Å²) in [5.41, 5.74) is 6.19. The molecule has 1 heterocycles. The van der Waals surface area contributed by atoms with E-state index < -0.39 is 0 Å². The average Bonchev–Trinajstić information content (AvgIpc) is 2.44. The highest BCUT2D eigenvalue weighted by Crippen LogP contribution is 2.25. The van der Waals surface area contributed by atoms with E-state index in [2.05, 4.69) is 10.4 Å². The number of nitrogens with two attached hydrogens (primary N) is 1. The molecule has 0 spiro atoms. The van der Waals surface area contributed by atoms with Gasteiger partial charge in [0, 0.05) is 12.4 Å². The molecule has 4 nitrogen and oxygen atoms in total. The molecule has 0 bridgehead atoms. The van der Waals surface area contributed by atoms with Crippen LogP contribution in [0.5, 0.6) is 5.75 Å². The number of ether oxygens (including phenoxy) is 1. The molecule has 1 aromatic carbocycles. The first kappa shape index (κ1) is 13.5. The number of nitrogens with zero attached hydrogens (tertiary/aromatic N) is 1. The van der Waals surface area contributed by atoms with E-state index in [4.69, 9.17) is 10.6 Å². The Morgan fingerprint density at radius 2 is 2.00 bits per heavy atom. The highest BCUT2D eigenvalue weighted by molar-refractivity contribution is 5.37. The van der Waals surface area contributed by atoms with Gasteiger partial charge in [-0.3, -0.25) is 10.8 Å². The molecule has 0 saturated carbocycles. The summed E-state index contributed by atoms with van der Waals surface area (Å²) in [4.78, 5) is 4.11. The Hall–Kier alpha value is -1.91. The zero-order valence-corrected chi connectivity index (χ0v) is 11.3. The van der Waals surface area contributed by atoms with Crippen LogP contribution in [-0.4, -0.2) is 11.6 Å². The van der Waals surface area contributed by atoms with Gasteiger partial charge >= 0.3 is 0 Å². The van der Waals surface area contributed by atoms with Gasteiger partial charge in [-0.15, -0.1) is 0 Å². The Morgan fingerprint density at radius 1 is 1.26 bits per heavy atom. The number of hydrogen-bond donors (Lipinski definition) is 2. The van der Waals surface area contributed by atoms with Crippen molar-refractivity contribution in [3.05, 3.63) is 59.4 Å². The monoisotopic (exact) mass is 257 g/mol. The van der Waals surface area contributed by atoms with E-state index in [9.17, 15) is 0 Å². The summed E-state index contributed by atoms with van der Waals surface area (Å²) in [7, 11) is 0. The van der Waals surface area contributed by atoms with Crippen LogP contribution in [0.2, 0.25) is 0 Å². The normalized spacial score (nSPS) is 12.2. The molecular weight excluding hydrogens is 238 g/mol. The van der Waals surface area contributed by atoms with E-state index in [1.54, 1.807) is 6.20 Å². The lowest BCUT2D eigenvalue weighted by Gasteiger charge is -2.19. The maximum Gasteiger partial charge on any atom is 0.119 e. The van der Waals surface area contributed by atoms with Gasteiger partial charge in [0.25, 0.3) is 0 Å². The smallest absolute Gasteiger partial charge is 0.119 e. The molecule has 100 valence electrons. The summed E-state index contributed by atoms with van der Waals surface area (Å²) in [6.45, 7) is 4.67. The standard InChI is InChI=1S/C15H19N3O/c1-3-19-13-6-4-12(5-7-13)15(18-16)14-8-9-17-10-11(14)2/h4-10,15,18H,3,16H2,1-2H3. The summed E-state index contributed by atoms with van der Waals surface area (Å²) in [5, 5.41) is 0. The Labute approximate surface area is 113 Å². The highest BCUT2D eigenvalue weighted by atomic mass is 16.5. The molecule has 1 atom stereocenters. The SMILES string of the molecule is CCOc1ccc(C(NN)c2ccncc2C)cc1. The van der Waals surface area contributed by atoms with Crippen molar-refractivity contribution in [3.63, 3.8) is 0 Å². The van der Waals surface area contributed by atoms with E-state index in [-0.39, 0.29) is 6.04 Å². The Morgan fingerprint density at radius 3 is 2.58 bits per heavy atom. The molecule has 0 amide bonds. The number of benzene rings is 1. The minimum Gasteiger partial charge on any atom is -0.494 e. The molecule has 1 unspecified atom stereocenters. The maximum atomic E-state index is 5.70. The van der Waals surface area contributed by atoms with Crippen molar-refractivity contribution in [2.45, 2.75) is 19.9 Å². The summed E-state index contributed by atoms with van der Waals surface area (Å²) >= 11 is 0. The molecule has 1 aromatic heterocycles. The van der Waals surface area contributed by atoms with Crippen LogP contribution in [0.4, 0.5) is 0 Å². The second kappa shape index (κ2) is 6.31. The van der Waals surface area contributed by atoms with Gasteiger partial charge in [0.2, 0.25) is 0 Å². The third-order valence-corrected chi connectivity index (χ3v) is 3.07. The summed E-state index contributed by atoms with van der Waals surface area (Å²) in [5.74, 6) is 6.57. The van der Waals surface area contributed by atoms with Crippen molar-refractivity contribution in [2.75, 3.05) is 6.61 Å². The average molecular weight is 257 g/mol. The number of hydrogen-bond acceptors (Lipinski definition) is 4. The van der Waals surface area contributed by atoms with Crippen molar-refractivity contribution in [3.8, 4) is 5.75 Å². The van der Waals surface area contributed by atoms with Crippen molar-refractivity contribution < 1.29 is 4.74 Å². The van der Waals surface area contributed by atoms with Crippen LogP contribution in [0, 0.1) is 6.92 Å². The molecular formula is C15H19N3O. The summed E-state index contributed by atoms with van der Waals surface area (Å²) in [6, 6.07) is 9.90. The number of rotatable bonds is 5. The highest BCUT2D eigenvalue weighted by Gasteiger charge is 2.14. The van der Waals surface area contributed by atoms with Crippen LogP contribution in [0.25, 0.3) is 0 Å². The molecule has 0 aliphatic carbocycles. The molecule has 3 N–H and O–H groups in total. The Bertz CT molecular complexity index is 525. The van der Waals surface area contributed by atoms with Crippen molar-refractivity contribution in [2.24, 2.45) is 5.84 Å². The maximum absolute atomic E-state index is 5.70. The second-order valence-electron chi connectivity index (χ2n) is 4.33. The molecule has 2 aromatic rings. The van der Waals surface area contributed by atoms with Crippen LogP contribution in [-0.2, 0) is 0 Å². The Balaban J connectivity index is 2.29. The van der Waals surface area contributed by atoms with Crippen molar-refractivity contribution in [1.29, 1.82) is 0 Å². The predicted octanol–water partition coefficient (Wildman–Crippen LogP) is 2.34. The van der Waals surface area contributed by atoms with Crippen LogP contribution in [0.3, 0.4) is 0 Å². The fourth-order valence-corrected chi connectivity index (χ4v) is 2.10. The molecule has 2 rings (SSSR count). The van der Waals surface area contributed by atoms with Gasteiger partial charge in [-0.1, -0.05) is 12.1 Å². The Kier molecular flexibility index (Phi) is 4.49. The number of pyridine rings is 1. The number of hydrazine groups is 1. The van der Waals surface area contributed by atoms with Crippen LogP contribution < -0.4 is 16.0 Å². The molecule has 0 aliphatic rings. The van der Waals surface area contributed by atoms with Crippen molar-refractivity contribution >= 4 is 0 Å². The largest absolute Gasteiger partial charge is 0.494 e. The zero-order valence-electron chi connectivity index (χ0n) is 11.3. The van der Waals surface area contributed by atoms with E-state index in [1.165, 1.54) is 0 Å². The quantitative estimate of drug-likeness (QED) is 0.637. The fraction of sp³-hybridized carbons (Fsp3) is 0.267. The predicted molar refractivity (Wildman–Crippen MR) is 75.8 cm³/mol. The van der Waals surface area contributed by atoms with Gasteiger partial charge in [0.05, 0.1) is 12.6 Å². The third-order valence-electron chi connectivity index (χ3n) is 3.07. The van der Waals surface area contributed by atoms with E-state index in [1.807, 2.05) is 50.4 Å². The van der Waals surface area contributed by atoms with Crippen LogP contribution in [0.15, 0.2) is 42.7 Å². The lowest BCUT2D eigenvalue weighted by molar-refractivity contribution is 0.340. The summed E-state index contributed by atoms with van der Waals surface area (Å²) < 4.78 is 5.44. The molecule has 0 fully saturated rings. The van der Waals surface area contributed by atoms with Crippen molar-refractivity contribution in [1.82, 2.24) is 10.4 Å². The number of aromatic nitrogens is 1. The number of nitrogens with one attached hydrogen (secondary N) is 1. The molecule has 4 heteroatoms. The van der Waals surface area contributed by atoms with Gasteiger partial charge in [-0.25, -0.2) is 5.43 Å². The van der Waals surface area contributed by atoms with Crippen LogP contribution in [0.1, 0.15) is 29.7 Å². The number of aryl methyl sites for hydroxylation is 1. The first-order valence-electron chi connectivity index (χ1n) is 6.35. The minimum absolute atomic E-state index is 0.0429. The van der Waals surface area contributed by atoms with Gasteiger partial charge in [0.15, 0.2) is 0 Å². The molecule has 0 radical (unpaired) electrons. The first-order chi connectivity index (χ1) is 9.26. The lowest BCUT2D eigenvalue weighted by Crippen LogP contribution is -2.29. The van der Waals surface area contributed by atoms with Gasteiger partial charge in [0.1, 0.15) is 5.75 Å². The van der Waals surface area contributed by atoms with Gasteiger partial charge < -0.3 is 4.74 Å². The summed E-state index contributed by atoms with van der Waals surface area (Å²) in [6.07, 6.45) is 3.62. The molecule has 19 heavy (non-hydrogen) atoms. The molecule has 0 aliphatic heterocycles. The second-order valence-corrected chi connectivity index (χ2v) is 4.33.